The van der Waals surface area contributed by atoms with Crippen LogP contribution in [0.5, 0.6) is 0 Å². The molecule has 0 aliphatic carbocycles. The number of carbonyl (C=O) groups is 1. The maximum atomic E-state index is 12.8. The number of hydrazone groups is 1. The summed E-state index contributed by atoms with van der Waals surface area (Å²) >= 11 is 6.41. The number of nitrogens with zero attached hydrogens (tertiary/aromatic N) is 3. The molecule has 1 aliphatic rings. The summed E-state index contributed by atoms with van der Waals surface area (Å²) in [4.78, 5) is 19.6. The van der Waals surface area contributed by atoms with Crippen molar-refractivity contribution in [2.24, 2.45) is 5.10 Å². The van der Waals surface area contributed by atoms with E-state index in [4.69, 9.17) is 0 Å². The minimum Gasteiger partial charge on any atom is -0.272 e. The lowest BCUT2D eigenvalue weighted by Crippen LogP contribution is -2.28. The van der Waals surface area contributed by atoms with E-state index in [0.717, 1.165) is 27.0 Å². The van der Waals surface area contributed by atoms with Gasteiger partial charge in [0, 0.05) is 22.4 Å². The third-order valence-electron chi connectivity index (χ3n) is 3.76. The Bertz CT molecular complexity index is 883. The molecular weight excluding hydrogens is 390 g/mol. The van der Waals surface area contributed by atoms with Crippen LogP contribution in [0.3, 0.4) is 0 Å². The number of hydrogen-bond acceptors (Lipinski definition) is 7. The SMILES string of the molecule is Cc1csc(SCC(=O)N2N=C(c3cccs3)CC2c2cccs2)n1. The fraction of sp³-hybridized carbons (Fsp3) is 0.235. The number of aryl methyl sites for hydroxylation is 1. The van der Waals surface area contributed by atoms with E-state index in [2.05, 4.69) is 22.2 Å². The van der Waals surface area contributed by atoms with Gasteiger partial charge in [-0.1, -0.05) is 23.9 Å². The minimum absolute atomic E-state index is 0.00299. The Morgan fingerprint density at radius 2 is 2.12 bits per heavy atom. The molecule has 0 saturated heterocycles. The molecule has 0 N–H and O–H groups in total. The number of aromatic nitrogens is 1. The molecule has 4 nitrogen and oxygen atoms in total. The van der Waals surface area contributed by atoms with Gasteiger partial charge in [0.15, 0.2) is 4.34 Å². The normalized spacial score (nSPS) is 17.1. The molecular formula is C17H15N3OS4. The van der Waals surface area contributed by atoms with Crippen molar-refractivity contribution < 1.29 is 4.79 Å². The van der Waals surface area contributed by atoms with Gasteiger partial charge in [-0.2, -0.15) is 5.10 Å². The molecule has 0 saturated carbocycles. The van der Waals surface area contributed by atoms with E-state index in [0.29, 0.717) is 5.75 Å². The minimum atomic E-state index is 0.00299. The van der Waals surface area contributed by atoms with Gasteiger partial charge in [-0.05, 0) is 29.8 Å². The second-order valence-electron chi connectivity index (χ2n) is 5.54. The second kappa shape index (κ2) is 7.41. The van der Waals surface area contributed by atoms with Crippen LogP contribution in [0, 0.1) is 6.92 Å². The Balaban J connectivity index is 1.53. The van der Waals surface area contributed by atoms with Crippen molar-refractivity contribution in [1.29, 1.82) is 0 Å². The molecule has 3 aromatic rings. The van der Waals surface area contributed by atoms with Crippen LogP contribution in [0.2, 0.25) is 0 Å². The van der Waals surface area contributed by atoms with Gasteiger partial charge in [0.25, 0.3) is 5.91 Å². The van der Waals surface area contributed by atoms with Gasteiger partial charge in [0.2, 0.25) is 0 Å². The quantitative estimate of drug-likeness (QED) is 0.558. The van der Waals surface area contributed by atoms with Gasteiger partial charge in [0.05, 0.1) is 22.4 Å². The lowest BCUT2D eigenvalue weighted by molar-refractivity contribution is -0.130. The molecule has 0 bridgehead atoms. The van der Waals surface area contributed by atoms with E-state index < -0.39 is 0 Å². The molecule has 1 amide bonds. The Morgan fingerprint density at radius 1 is 1.28 bits per heavy atom. The van der Waals surface area contributed by atoms with E-state index >= 15 is 0 Å². The van der Waals surface area contributed by atoms with Crippen LogP contribution in [-0.2, 0) is 4.79 Å². The van der Waals surface area contributed by atoms with Crippen LogP contribution in [0.1, 0.15) is 27.9 Å². The van der Waals surface area contributed by atoms with E-state index in [-0.39, 0.29) is 11.9 Å². The van der Waals surface area contributed by atoms with Crippen molar-refractivity contribution in [2.45, 2.75) is 23.7 Å². The zero-order valence-electron chi connectivity index (χ0n) is 13.4. The first-order valence-corrected chi connectivity index (χ1v) is 11.3. The first kappa shape index (κ1) is 17.0. The van der Waals surface area contributed by atoms with Crippen LogP contribution in [0.15, 0.2) is 49.8 Å². The van der Waals surface area contributed by atoms with E-state index in [1.165, 1.54) is 16.6 Å². The summed E-state index contributed by atoms with van der Waals surface area (Å²) in [6.07, 6.45) is 0.772. The average Bonchev–Trinajstić information content (AvgIpc) is 3.38. The van der Waals surface area contributed by atoms with Gasteiger partial charge in [-0.25, -0.2) is 9.99 Å². The molecule has 0 radical (unpaired) electrons. The highest BCUT2D eigenvalue weighted by atomic mass is 32.2. The summed E-state index contributed by atoms with van der Waals surface area (Å²) in [5.41, 5.74) is 1.99. The van der Waals surface area contributed by atoms with Gasteiger partial charge < -0.3 is 0 Å². The maximum Gasteiger partial charge on any atom is 0.253 e. The monoisotopic (exact) mass is 405 g/mol. The topological polar surface area (TPSA) is 45.6 Å². The van der Waals surface area contributed by atoms with Gasteiger partial charge in [-0.3, -0.25) is 4.79 Å². The highest BCUT2D eigenvalue weighted by molar-refractivity contribution is 8.01. The molecule has 0 aromatic carbocycles. The summed E-state index contributed by atoms with van der Waals surface area (Å²) in [6.45, 7) is 1.97. The molecule has 8 heteroatoms. The number of amides is 1. The predicted octanol–water partition coefficient (Wildman–Crippen LogP) is 5.04. The molecule has 4 heterocycles. The van der Waals surface area contributed by atoms with Gasteiger partial charge in [-0.15, -0.1) is 34.0 Å². The number of thiophene rings is 2. The van der Waals surface area contributed by atoms with Crippen LogP contribution in [0.4, 0.5) is 0 Å². The number of thioether (sulfide) groups is 1. The lowest BCUT2D eigenvalue weighted by Gasteiger charge is -2.20. The van der Waals surface area contributed by atoms with Crippen molar-refractivity contribution >= 4 is 57.4 Å². The molecule has 3 aromatic heterocycles. The van der Waals surface area contributed by atoms with E-state index in [9.17, 15) is 4.79 Å². The van der Waals surface area contributed by atoms with Crippen molar-refractivity contribution in [1.82, 2.24) is 9.99 Å². The maximum absolute atomic E-state index is 12.8. The van der Waals surface area contributed by atoms with Crippen LogP contribution in [0.25, 0.3) is 0 Å². The summed E-state index contributed by atoms with van der Waals surface area (Å²) in [7, 11) is 0. The smallest absolute Gasteiger partial charge is 0.253 e. The standard InChI is InChI=1S/C17H15N3OS4/c1-11-9-24-17(18-11)25-10-16(21)20-13(15-5-3-7-23-15)8-12(19-20)14-4-2-6-22-14/h2-7,9,13H,8,10H2,1H3. The fourth-order valence-electron chi connectivity index (χ4n) is 2.62. The zero-order chi connectivity index (χ0) is 17.2. The Hall–Kier alpha value is -1.48. The largest absolute Gasteiger partial charge is 0.272 e. The van der Waals surface area contributed by atoms with Crippen LogP contribution >= 0.6 is 45.8 Å². The highest BCUT2D eigenvalue weighted by Crippen LogP contribution is 2.36. The first-order valence-electron chi connectivity index (χ1n) is 7.72. The summed E-state index contributed by atoms with van der Waals surface area (Å²) in [5, 5.41) is 12.4. The number of hydrogen-bond donors (Lipinski definition) is 0. The zero-order valence-corrected chi connectivity index (χ0v) is 16.7. The first-order chi connectivity index (χ1) is 12.2. The van der Waals surface area contributed by atoms with Crippen molar-refractivity contribution in [2.75, 3.05) is 5.75 Å². The number of carbonyl (C=O) groups excluding carboxylic acids is 1. The number of rotatable bonds is 5. The van der Waals surface area contributed by atoms with Crippen LogP contribution in [-0.4, -0.2) is 27.4 Å². The Labute approximate surface area is 162 Å². The molecule has 1 aliphatic heterocycles. The third-order valence-corrected chi connectivity index (χ3v) is 7.78. The van der Waals surface area contributed by atoms with Crippen LogP contribution < -0.4 is 0 Å². The molecule has 25 heavy (non-hydrogen) atoms. The highest BCUT2D eigenvalue weighted by Gasteiger charge is 2.33. The van der Waals surface area contributed by atoms with Crippen molar-refractivity contribution in [3.05, 3.63) is 55.9 Å². The number of thiazole rings is 1. The molecule has 0 fully saturated rings. The summed E-state index contributed by atoms with van der Waals surface area (Å²) in [5.74, 6) is 0.388. The van der Waals surface area contributed by atoms with Crippen molar-refractivity contribution in [3.63, 3.8) is 0 Å². The second-order valence-corrected chi connectivity index (χ2v) is 9.55. The molecule has 1 unspecified atom stereocenters. The van der Waals surface area contributed by atoms with E-state index in [1.807, 2.05) is 35.2 Å². The van der Waals surface area contributed by atoms with Gasteiger partial charge in [0.1, 0.15) is 0 Å². The predicted molar refractivity (Wildman–Crippen MR) is 107 cm³/mol. The van der Waals surface area contributed by atoms with Gasteiger partial charge >= 0.3 is 0 Å². The average molecular weight is 406 g/mol. The molecule has 128 valence electrons. The fourth-order valence-corrected chi connectivity index (χ4v) is 5.86. The lowest BCUT2D eigenvalue weighted by atomic mass is 10.1. The van der Waals surface area contributed by atoms with E-state index in [1.54, 1.807) is 39.0 Å². The Kier molecular flexibility index (Phi) is 5.03. The molecule has 0 spiro atoms. The summed E-state index contributed by atoms with van der Waals surface area (Å²) < 4.78 is 0.931. The summed E-state index contributed by atoms with van der Waals surface area (Å²) in [6, 6.07) is 8.20. The molecule has 4 rings (SSSR count). The third kappa shape index (κ3) is 3.72. The molecule has 1 atom stereocenters. The van der Waals surface area contributed by atoms with Crippen molar-refractivity contribution in [3.8, 4) is 0 Å². The Morgan fingerprint density at radius 3 is 2.80 bits per heavy atom.